The zero-order valence-electron chi connectivity index (χ0n) is 7.20. The fraction of sp³-hybridized carbons (Fsp3) is 0.444. The van der Waals surface area contributed by atoms with Crippen molar-refractivity contribution in [3.05, 3.63) is 35.1 Å². The van der Waals surface area contributed by atoms with E-state index in [1.807, 2.05) is 13.0 Å². The summed E-state index contributed by atoms with van der Waals surface area (Å²) in [6.45, 7) is 9.15. The lowest BCUT2D eigenvalue weighted by atomic mass is 10.2. The van der Waals surface area contributed by atoms with Gasteiger partial charge in [-0.1, -0.05) is 0 Å². The van der Waals surface area contributed by atoms with Gasteiger partial charge >= 0.3 is 0 Å². The molecular formula is C9H11NO2. The van der Waals surface area contributed by atoms with Crippen molar-refractivity contribution in [2.75, 3.05) is 7.11 Å². The van der Waals surface area contributed by atoms with Gasteiger partial charge in [-0.15, -0.1) is 0 Å². The summed E-state index contributed by atoms with van der Waals surface area (Å²) in [5, 5.41) is 0. The molecular weight excluding hydrogens is 154 g/mol. The molecule has 0 aliphatic carbocycles. The van der Waals surface area contributed by atoms with Crippen LogP contribution in [0.15, 0.2) is 16.7 Å². The summed E-state index contributed by atoms with van der Waals surface area (Å²) in [5.74, 6) is 0.715. The van der Waals surface area contributed by atoms with Crippen LogP contribution in [0.4, 0.5) is 0 Å². The molecule has 0 fully saturated rings. The second-order valence-corrected chi connectivity index (χ2v) is 2.55. The Morgan fingerprint density at radius 2 is 2.50 bits per heavy atom. The molecule has 0 aliphatic rings. The molecule has 1 atom stereocenters. The average molecular weight is 165 g/mol. The van der Waals surface area contributed by atoms with E-state index < -0.39 is 0 Å². The van der Waals surface area contributed by atoms with Gasteiger partial charge in [-0.2, -0.15) is 0 Å². The van der Waals surface area contributed by atoms with Gasteiger partial charge in [0.1, 0.15) is 0 Å². The summed E-state index contributed by atoms with van der Waals surface area (Å²) in [7, 11) is 1.62. The molecule has 3 nitrogen and oxygen atoms in total. The molecule has 3 heteroatoms. The van der Waals surface area contributed by atoms with Gasteiger partial charge in [0.25, 0.3) is 6.04 Å². The van der Waals surface area contributed by atoms with Gasteiger partial charge in [-0.25, -0.2) is 6.57 Å². The van der Waals surface area contributed by atoms with E-state index in [0.29, 0.717) is 12.4 Å². The molecule has 1 rings (SSSR count). The van der Waals surface area contributed by atoms with Crippen molar-refractivity contribution < 1.29 is 9.15 Å². The average Bonchev–Trinajstić information content (AvgIpc) is 2.52. The summed E-state index contributed by atoms with van der Waals surface area (Å²) >= 11 is 0. The Morgan fingerprint density at radius 3 is 3.08 bits per heavy atom. The topological polar surface area (TPSA) is 26.7 Å². The number of hydrogen-bond donors (Lipinski definition) is 0. The van der Waals surface area contributed by atoms with E-state index in [1.54, 1.807) is 13.4 Å². The Labute approximate surface area is 71.8 Å². The highest BCUT2D eigenvalue weighted by Gasteiger charge is 2.17. The minimum atomic E-state index is -0.217. The molecule has 1 heterocycles. The molecule has 0 aliphatic heterocycles. The van der Waals surface area contributed by atoms with E-state index in [2.05, 4.69) is 4.85 Å². The summed E-state index contributed by atoms with van der Waals surface area (Å²) < 4.78 is 10.1. The highest BCUT2D eigenvalue weighted by Crippen LogP contribution is 2.22. The number of methoxy groups -OCH3 is 1. The molecule has 0 N–H and O–H groups in total. The minimum Gasteiger partial charge on any atom is -0.461 e. The molecule has 0 radical (unpaired) electrons. The fourth-order valence-corrected chi connectivity index (χ4v) is 1.05. The summed E-state index contributed by atoms with van der Waals surface area (Å²) in [4.78, 5) is 3.37. The Bertz CT molecular complexity index is 285. The van der Waals surface area contributed by atoms with Crippen LogP contribution in [0.25, 0.3) is 4.85 Å². The van der Waals surface area contributed by atoms with Crippen molar-refractivity contribution in [2.24, 2.45) is 0 Å². The highest BCUT2D eigenvalue weighted by molar-refractivity contribution is 5.20. The van der Waals surface area contributed by atoms with E-state index in [1.165, 1.54) is 0 Å². The van der Waals surface area contributed by atoms with Crippen LogP contribution in [0.2, 0.25) is 0 Å². The normalized spacial score (nSPS) is 12.4. The molecule has 0 aromatic carbocycles. The largest absolute Gasteiger partial charge is 0.461 e. The third-order valence-corrected chi connectivity index (χ3v) is 1.65. The van der Waals surface area contributed by atoms with Crippen molar-refractivity contribution in [3.63, 3.8) is 0 Å². The second kappa shape index (κ2) is 3.93. The van der Waals surface area contributed by atoms with Crippen molar-refractivity contribution >= 4 is 0 Å². The first-order chi connectivity index (χ1) is 5.79. The first-order valence-electron chi connectivity index (χ1n) is 3.71. The van der Waals surface area contributed by atoms with Gasteiger partial charge in [-0.05, 0) is 6.07 Å². The van der Waals surface area contributed by atoms with Crippen LogP contribution in [0.1, 0.15) is 24.3 Å². The third-order valence-electron chi connectivity index (χ3n) is 1.65. The number of furan rings is 1. The van der Waals surface area contributed by atoms with Gasteiger partial charge in [0.05, 0.1) is 12.9 Å². The summed E-state index contributed by atoms with van der Waals surface area (Å²) in [5.41, 5.74) is 0.959. The zero-order valence-corrected chi connectivity index (χ0v) is 7.20. The number of ether oxygens (including phenoxy) is 1. The molecule has 64 valence electrons. The Kier molecular flexibility index (Phi) is 2.89. The number of nitrogens with zero attached hydrogens (tertiary/aromatic N) is 1. The van der Waals surface area contributed by atoms with Crippen molar-refractivity contribution in [1.29, 1.82) is 0 Å². The molecule has 1 aromatic rings. The van der Waals surface area contributed by atoms with Crippen molar-refractivity contribution in [2.45, 2.75) is 19.6 Å². The van der Waals surface area contributed by atoms with Crippen LogP contribution in [0.5, 0.6) is 0 Å². The van der Waals surface area contributed by atoms with Crippen LogP contribution in [-0.4, -0.2) is 7.11 Å². The molecule has 0 bridgehead atoms. The maximum atomic E-state index is 6.84. The monoisotopic (exact) mass is 165 g/mol. The van der Waals surface area contributed by atoms with E-state index in [4.69, 9.17) is 15.7 Å². The van der Waals surface area contributed by atoms with Gasteiger partial charge in [0.2, 0.25) is 0 Å². The molecule has 1 aromatic heterocycles. The van der Waals surface area contributed by atoms with Crippen LogP contribution in [-0.2, 0) is 11.3 Å². The minimum absolute atomic E-state index is 0.217. The quantitative estimate of drug-likeness (QED) is 0.643. The molecule has 12 heavy (non-hydrogen) atoms. The second-order valence-electron chi connectivity index (χ2n) is 2.55. The maximum Gasteiger partial charge on any atom is 0.277 e. The summed E-state index contributed by atoms with van der Waals surface area (Å²) in [6.07, 6.45) is 1.59. The SMILES string of the molecule is [C-]#[N+]C(C)c1occc1COC. The van der Waals surface area contributed by atoms with Crippen molar-refractivity contribution in [3.8, 4) is 0 Å². The third kappa shape index (κ3) is 1.66. The first-order valence-corrected chi connectivity index (χ1v) is 3.71. The predicted octanol–water partition coefficient (Wildman–Crippen LogP) is 2.41. The number of hydrogen-bond acceptors (Lipinski definition) is 2. The van der Waals surface area contributed by atoms with Crippen molar-refractivity contribution in [1.82, 2.24) is 0 Å². The molecule has 0 saturated heterocycles. The lowest BCUT2D eigenvalue weighted by Gasteiger charge is -1.99. The van der Waals surface area contributed by atoms with Gasteiger partial charge in [0.15, 0.2) is 5.76 Å². The van der Waals surface area contributed by atoms with Crippen LogP contribution >= 0.6 is 0 Å². The molecule has 0 amide bonds. The van der Waals surface area contributed by atoms with E-state index in [-0.39, 0.29) is 6.04 Å². The van der Waals surface area contributed by atoms with E-state index in [0.717, 1.165) is 5.56 Å². The lowest BCUT2D eigenvalue weighted by Crippen LogP contribution is -1.92. The lowest BCUT2D eigenvalue weighted by molar-refractivity contribution is 0.182. The smallest absolute Gasteiger partial charge is 0.277 e. The highest BCUT2D eigenvalue weighted by atomic mass is 16.5. The van der Waals surface area contributed by atoms with Crippen LogP contribution in [0.3, 0.4) is 0 Å². The summed E-state index contributed by atoms with van der Waals surface area (Å²) in [6, 6.07) is 1.62. The standard InChI is InChI=1S/C9H11NO2/c1-7(10-2)9-8(6-11-3)4-5-12-9/h4-5,7H,6H2,1,3H3. The Hall–Kier alpha value is -1.27. The van der Waals surface area contributed by atoms with Gasteiger partial charge in [-0.3, -0.25) is 0 Å². The fourth-order valence-electron chi connectivity index (χ4n) is 1.05. The zero-order chi connectivity index (χ0) is 8.97. The number of rotatable bonds is 3. The van der Waals surface area contributed by atoms with Gasteiger partial charge in [0, 0.05) is 19.6 Å². The van der Waals surface area contributed by atoms with Crippen LogP contribution < -0.4 is 0 Å². The predicted molar refractivity (Wildman–Crippen MR) is 44.4 cm³/mol. The first kappa shape index (κ1) is 8.82. The van der Waals surface area contributed by atoms with E-state index in [9.17, 15) is 0 Å². The molecule has 0 spiro atoms. The van der Waals surface area contributed by atoms with E-state index >= 15 is 0 Å². The Morgan fingerprint density at radius 1 is 1.75 bits per heavy atom. The maximum absolute atomic E-state index is 6.84. The molecule has 0 saturated carbocycles. The molecule has 1 unspecified atom stereocenters. The Balaban J connectivity index is 2.85. The van der Waals surface area contributed by atoms with Gasteiger partial charge < -0.3 is 14.0 Å². The van der Waals surface area contributed by atoms with Crippen LogP contribution in [0, 0.1) is 6.57 Å².